The number of ketones is 2. The van der Waals surface area contributed by atoms with Gasteiger partial charge in [0, 0.05) is 50.7 Å². The Kier molecular flexibility index (Phi) is 14.7. The van der Waals surface area contributed by atoms with Gasteiger partial charge < -0.3 is 10.2 Å². The van der Waals surface area contributed by atoms with Crippen molar-refractivity contribution in [1.82, 2.24) is 0 Å². The normalized spacial score (nSPS) is 19.8. The van der Waals surface area contributed by atoms with E-state index >= 15 is 0 Å². The van der Waals surface area contributed by atoms with Gasteiger partial charge in [-0.05, 0) is 48.9 Å². The van der Waals surface area contributed by atoms with E-state index in [4.69, 9.17) is 4.99 Å². The summed E-state index contributed by atoms with van der Waals surface area (Å²) in [6.07, 6.45) is 15.5. The van der Waals surface area contributed by atoms with Crippen LogP contribution in [0.4, 0.5) is 0 Å². The van der Waals surface area contributed by atoms with E-state index in [1.165, 1.54) is 32.1 Å². The number of hydrogen-bond donors (Lipinski definition) is 2. The Morgan fingerprint density at radius 1 is 0.667 bits per heavy atom. The third-order valence-corrected chi connectivity index (χ3v) is 8.62. The zero-order valence-electron chi connectivity index (χ0n) is 27.9. The van der Waals surface area contributed by atoms with Gasteiger partial charge in [-0.3, -0.25) is 19.6 Å². The molecule has 0 aromatic rings. The lowest BCUT2D eigenvalue weighted by molar-refractivity contribution is -0.118. The fourth-order valence-electron chi connectivity index (χ4n) is 6.39. The number of allylic oxidation sites excluding steroid dienone is 4. The van der Waals surface area contributed by atoms with Gasteiger partial charge in [0.15, 0.2) is 11.6 Å². The SMILES string of the molecule is CN=C(CCCCCCC(=NCCCCCCCCC(C)C)C1=C(O)CC(C)(C)CC1=O)C1=C(O)CC(C)(C)CC1=O. The highest BCUT2D eigenvalue weighted by atomic mass is 16.3. The van der Waals surface area contributed by atoms with E-state index in [2.05, 4.69) is 18.8 Å². The average molecular weight is 585 g/mol. The van der Waals surface area contributed by atoms with Crippen molar-refractivity contribution in [3.63, 3.8) is 0 Å². The van der Waals surface area contributed by atoms with Crippen molar-refractivity contribution in [3.05, 3.63) is 22.7 Å². The molecular weight excluding hydrogens is 524 g/mol. The van der Waals surface area contributed by atoms with Crippen LogP contribution in [0.25, 0.3) is 0 Å². The molecule has 0 saturated heterocycles. The molecule has 0 aliphatic heterocycles. The molecule has 0 radical (unpaired) electrons. The number of nitrogens with zero attached hydrogens (tertiary/aromatic N) is 2. The van der Waals surface area contributed by atoms with Crippen molar-refractivity contribution >= 4 is 23.0 Å². The first kappa shape index (κ1) is 36.0. The second-order valence-corrected chi connectivity index (χ2v) is 14.7. The summed E-state index contributed by atoms with van der Waals surface area (Å²) in [4.78, 5) is 35.0. The van der Waals surface area contributed by atoms with Crippen LogP contribution in [0.15, 0.2) is 32.6 Å². The minimum atomic E-state index is -0.219. The largest absolute Gasteiger partial charge is 0.511 e. The second-order valence-electron chi connectivity index (χ2n) is 14.7. The Labute approximate surface area is 256 Å². The Bertz CT molecular complexity index is 1040. The fraction of sp³-hybridized carbons (Fsp3) is 0.778. The summed E-state index contributed by atoms with van der Waals surface area (Å²) in [5, 5.41) is 21.4. The molecule has 2 aliphatic carbocycles. The van der Waals surface area contributed by atoms with Gasteiger partial charge in [-0.1, -0.05) is 92.9 Å². The maximum atomic E-state index is 13.1. The summed E-state index contributed by atoms with van der Waals surface area (Å²) >= 11 is 0. The number of aliphatic hydroxyl groups is 2. The Morgan fingerprint density at radius 2 is 1.10 bits per heavy atom. The van der Waals surface area contributed by atoms with Gasteiger partial charge in [0.1, 0.15) is 11.5 Å². The van der Waals surface area contributed by atoms with Crippen molar-refractivity contribution in [1.29, 1.82) is 0 Å². The van der Waals surface area contributed by atoms with Crippen molar-refractivity contribution in [2.24, 2.45) is 26.7 Å². The number of rotatable bonds is 18. The number of Topliss-reactive ketones (excluding diaryl/α,β-unsaturated/α-hetero) is 2. The highest BCUT2D eigenvalue weighted by Gasteiger charge is 2.36. The highest BCUT2D eigenvalue weighted by molar-refractivity contribution is 6.24. The maximum absolute atomic E-state index is 13.1. The van der Waals surface area contributed by atoms with Crippen LogP contribution in [0.5, 0.6) is 0 Å². The lowest BCUT2D eigenvalue weighted by atomic mass is 9.75. The lowest BCUT2D eigenvalue weighted by Gasteiger charge is -2.30. The van der Waals surface area contributed by atoms with Crippen LogP contribution in [-0.4, -0.2) is 46.8 Å². The summed E-state index contributed by atoms with van der Waals surface area (Å²) in [6, 6.07) is 0. The minimum absolute atomic E-state index is 0.00950. The van der Waals surface area contributed by atoms with E-state index in [-0.39, 0.29) is 33.9 Å². The molecule has 6 nitrogen and oxygen atoms in total. The van der Waals surface area contributed by atoms with Crippen LogP contribution < -0.4 is 0 Å². The Hall–Kier alpha value is -2.24. The fourth-order valence-corrected chi connectivity index (χ4v) is 6.39. The smallest absolute Gasteiger partial charge is 0.168 e. The van der Waals surface area contributed by atoms with Gasteiger partial charge in [0.05, 0.1) is 11.1 Å². The Morgan fingerprint density at radius 3 is 1.57 bits per heavy atom. The van der Waals surface area contributed by atoms with E-state index in [0.717, 1.165) is 50.2 Å². The number of carbonyl (C=O) groups is 2. The molecule has 42 heavy (non-hydrogen) atoms. The van der Waals surface area contributed by atoms with Gasteiger partial charge >= 0.3 is 0 Å². The van der Waals surface area contributed by atoms with Crippen LogP contribution >= 0.6 is 0 Å². The van der Waals surface area contributed by atoms with Crippen molar-refractivity contribution < 1.29 is 19.8 Å². The topological polar surface area (TPSA) is 99.3 Å². The molecular formula is C36H60N2O4. The van der Waals surface area contributed by atoms with Gasteiger partial charge in [-0.25, -0.2) is 0 Å². The van der Waals surface area contributed by atoms with Crippen LogP contribution in [0.2, 0.25) is 0 Å². The number of aliphatic imine (C=N–C) groups is 2. The molecule has 0 heterocycles. The quantitative estimate of drug-likeness (QED) is 0.124. The molecule has 0 fully saturated rings. The summed E-state index contributed by atoms with van der Waals surface area (Å²) in [7, 11) is 1.70. The van der Waals surface area contributed by atoms with Crippen molar-refractivity contribution in [3.8, 4) is 0 Å². The summed E-state index contributed by atoms with van der Waals surface area (Å²) in [6.45, 7) is 13.3. The molecule has 2 N–H and O–H groups in total. The number of carbonyl (C=O) groups excluding carboxylic acids is 2. The first-order valence-corrected chi connectivity index (χ1v) is 16.7. The van der Waals surface area contributed by atoms with Crippen molar-refractivity contribution in [2.75, 3.05) is 13.6 Å². The molecule has 0 saturated carbocycles. The van der Waals surface area contributed by atoms with Crippen LogP contribution in [0.3, 0.4) is 0 Å². The van der Waals surface area contributed by atoms with Gasteiger partial charge in [0.2, 0.25) is 0 Å². The van der Waals surface area contributed by atoms with E-state index in [1.54, 1.807) is 7.05 Å². The summed E-state index contributed by atoms with van der Waals surface area (Å²) in [5.74, 6) is 1.18. The molecule has 2 aliphatic rings. The standard InChI is InChI=1S/C36H60N2O4/c1-26(2)18-14-10-8-9-13-17-21-38-28(34-31(41)24-36(5,6)25-32(34)42)20-16-12-11-15-19-27(37-7)33-29(39)22-35(3,4)23-30(33)40/h26,39,41H,8-25H2,1-7H3. The molecule has 2 rings (SSSR count). The lowest BCUT2D eigenvalue weighted by Crippen LogP contribution is -2.29. The second kappa shape index (κ2) is 17.2. The molecule has 0 unspecified atom stereocenters. The monoisotopic (exact) mass is 584 g/mol. The predicted molar refractivity (Wildman–Crippen MR) is 176 cm³/mol. The molecule has 6 heteroatoms. The molecule has 0 amide bonds. The first-order valence-electron chi connectivity index (χ1n) is 16.7. The van der Waals surface area contributed by atoms with Crippen LogP contribution in [0.1, 0.15) is 151 Å². The van der Waals surface area contributed by atoms with Crippen molar-refractivity contribution in [2.45, 2.75) is 151 Å². The van der Waals surface area contributed by atoms with E-state index in [1.807, 2.05) is 27.7 Å². The zero-order valence-corrected chi connectivity index (χ0v) is 27.9. The minimum Gasteiger partial charge on any atom is -0.511 e. The zero-order chi connectivity index (χ0) is 31.3. The maximum Gasteiger partial charge on any atom is 0.168 e. The molecule has 0 atom stereocenters. The predicted octanol–water partition coefficient (Wildman–Crippen LogP) is 9.63. The number of unbranched alkanes of at least 4 members (excludes halogenated alkanes) is 8. The van der Waals surface area contributed by atoms with E-state index in [0.29, 0.717) is 61.9 Å². The van der Waals surface area contributed by atoms with E-state index in [9.17, 15) is 19.8 Å². The highest BCUT2D eigenvalue weighted by Crippen LogP contribution is 2.38. The van der Waals surface area contributed by atoms with E-state index < -0.39 is 0 Å². The first-order chi connectivity index (χ1) is 19.8. The van der Waals surface area contributed by atoms with Crippen LogP contribution in [0, 0.1) is 16.7 Å². The summed E-state index contributed by atoms with van der Waals surface area (Å²) < 4.78 is 0. The third-order valence-electron chi connectivity index (χ3n) is 8.62. The molecule has 0 spiro atoms. The van der Waals surface area contributed by atoms with Gasteiger partial charge in [0.25, 0.3) is 0 Å². The average Bonchev–Trinajstić information content (AvgIpc) is 2.85. The molecule has 0 aromatic carbocycles. The number of aliphatic hydroxyl groups excluding tert-OH is 2. The van der Waals surface area contributed by atoms with Gasteiger partial charge in [-0.15, -0.1) is 0 Å². The molecule has 0 aromatic heterocycles. The summed E-state index contributed by atoms with van der Waals surface area (Å²) in [5.41, 5.74) is 1.97. The number of hydrogen-bond acceptors (Lipinski definition) is 6. The van der Waals surface area contributed by atoms with Crippen LogP contribution in [-0.2, 0) is 9.59 Å². The molecule has 0 bridgehead atoms. The third kappa shape index (κ3) is 12.2. The van der Waals surface area contributed by atoms with Gasteiger partial charge in [-0.2, -0.15) is 0 Å². The molecule has 238 valence electrons. The Balaban J connectivity index is 1.89.